The van der Waals surface area contributed by atoms with Crippen LogP contribution in [-0.4, -0.2) is 26.0 Å². The molecule has 0 atom stereocenters. The molecule has 0 fully saturated rings. The van der Waals surface area contributed by atoms with Gasteiger partial charge in [0.15, 0.2) is 0 Å². The molecule has 23 heavy (non-hydrogen) atoms. The Morgan fingerprint density at radius 1 is 1.26 bits per heavy atom. The highest BCUT2D eigenvalue weighted by molar-refractivity contribution is 6.32. The summed E-state index contributed by atoms with van der Waals surface area (Å²) < 4.78 is 0. The van der Waals surface area contributed by atoms with Gasteiger partial charge in [-0.1, -0.05) is 17.7 Å². The van der Waals surface area contributed by atoms with Crippen molar-refractivity contribution < 1.29 is 9.90 Å². The second kappa shape index (κ2) is 6.02. The van der Waals surface area contributed by atoms with Crippen LogP contribution in [0, 0.1) is 0 Å². The molecule has 0 amide bonds. The maximum atomic E-state index is 11.9. The van der Waals surface area contributed by atoms with Crippen LogP contribution in [0.3, 0.4) is 0 Å². The molecular weight excluding hydrogens is 318 g/mol. The normalized spacial score (nSPS) is 11.2. The Morgan fingerprint density at radius 2 is 2.09 bits per heavy atom. The van der Waals surface area contributed by atoms with Crippen LogP contribution in [0.25, 0.3) is 23.1 Å². The van der Waals surface area contributed by atoms with E-state index in [0.29, 0.717) is 27.3 Å². The first-order chi connectivity index (χ1) is 11.0. The zero-order valence-electron chi connectivity index (χ0n) is 11.7. The molecule has 0 saturated carbocycles. The Hall–Kier alpha value is -2.99. The molecule has 7 heteroatoms. The molecule has 0 unspecified atom stereocenters. The summed E-state index contributed by atoms with van der Waals surface area (Å²) in [5.74, 6) is -0.690. The second-order valence-corrected chi connectivity index (χ2v) is 5.13. The van der Waals surface area contributed by atoms with Crippen molar-refractivity contribution >= 4 is 40.6 Å². The van der Waals surface area contributed by atoms with Gasteiger partial charge in [-0.15, -0.1) is 0 Å². The van der Waals surface area contributed by atoms with Crippen LogP contribution < -0.4 is 5.56 Å². The molecule has 3 rings (SSSR count). The minimum absolute atomic E-state index is 0.107. The highest BCUT2D eigenvalue weighted by Gasteiger charge is 2.06. The molecule has 114 valence electrons. The van der Waals surface area contributed by atoms with E-state index in [2.05, 4.69) is 15.0 Å². The number of pyridine rings is 1. The number of halogens is 1. The number of nitrogens with one attached hydrogen (secondary N) is 1. The maximum absolute atomic E-state index is 11.9. The lowest BCUT2D eigenvalue weighted by atomic mass is 10.1. The van der Waals surface area contributed by atoms with Crippen LogP contribution in [0.4, 0.5) is 0 Å². The number of fused-ring (bicyclic) bond motifs is 1. The van der Waals surface area contributed by atoms with Gasteiger partial charge in [0.25, 0.3) is 5.56 Å². The highest BCUT2D eigenvalue weighted by Crippen LogP contribution is 2.20. The van der Waals surface area contributed by atoms with Crippen LogP contribution in [0.15, 0.2) is 41.5 Å². The third-order valence-electron chi connectivity index (χ3n) is 3.20. The average molecular weight is 328 g/mol. The topological polar surface area (TPSA) is 95.9 Å². The summed E-state index contributed by atoms with van der Waals surface area (Å²) in [6.45, 7) is 0. The number of hydrogen-bond donors (Lipinski definition) is 2. The Labute approximate surface area is 135 Å². The molecule has 2 heterocycles. The zero-order chi connectivity index (χ0) is 16.4. The zero-order valence-corrected chi connectivity index (χ0v) is 12.4. The van der Waals surface area contributed by atoms with Gasteiger partial charge in [-0.3, -0.25) is 9.78 Å². The molecule has 2 aromatic heterocycles. The predicted octanol–water partition coefficient (Wildman–Crippen LogP) is 2.84. The number of carbonyl (C=O) groups is 1. The number of carboxylic acids is 1. The number of aromatic nitrogens is 3. The third kappa shape index (κ3) is 3.12. The fourth-order valence-electron chi connectivity index (χ4n) is 2.05. The summed E-state index contributed by atoms with van der Waals surface area (Å²) in [7, 11) is 0. The van der Waals surface area contributed by atoms with E-state index in [-0.39, 0.29) is 11.1 Å². The van der Waals surface area contributed by atoms with Crippen molar-refractivity contribution in [3.8, 4) is 0 Å². The molecule has 0 saturated heterocycles. The van der Waals surface area contributed by atoms with Crippen molar-refractivity contribution in [3.63, 3.8) is 0 Å². The van der Waals surface area contributed by atoms with Gasteiger partial charge in [0.05, 0.1) is 22.7 Å². The Kier molecular flexibility index (Phi) is 3.91. The van der Waals surface area contributed by atoms with Gasteiger partial charge in [0.1, 0.15) is 5.82 Å². The molecule has 0 bridgehead atoms. The van der Waals surface area contributed by atoms with Crippen molar-refractivity contribution in [2.45, 2.75) is 0 Å². The molecule has 0 aliphatic rings. The summed E-state index contributed by atoms with van der Waals surface area (Å²) in [6, 6.07) is 6.00. The van der Waals surface area contributed by atoms with Crippen molar-refractivity contribution in [2.75, 3.05) is 0 Å². The Balaban J connectivity index is 1.97. The van der Waals surface area contributed by atoms with Crippen molar-refractivity contribution in [1.82, 2.24) is 15.0 Å². The van der Waals surface area contributed by atoms with E-state index >= 15 is 0 Å². The van der Waals surface area contributed by atoms with Crippen molar-refractivity contribution in [3.05, 3.63) is 69.0 Å². The van der Waals surface area contributed by atoms with Crippen molar-refractivity contribution in [1.29, 1.82) is 0 Å². The lowest BCUT2D eigenvalue weighted by Gasteiger charge is -2.01. The minimum Gasteiger partial charge on any atom is -0.478 e. The van der Waals surface area contributed by atoms with Gasteiger partial charge in [-0.2, -0.15) is 0 Å². The number of benzene rings is 1. The van der Waals surface area contributed by atoms with E-state index in [0.717, 1.165) is 0 Å². The van der Waals surface area contributed by atoms with E-state index in [1.54, 1.807) is 24.3 Å². The molecule has 1 aromatic carbocycles. The number of nitrogens with zero attached hydrogens (tertiary/aromatic N) is 2. The smallest absolute Gasteiger partial charge is 0.335 e. The Morgan fingerprint density at radius 3 is 2.83 bits per heavy atom. The number of aromatic carboxylic acids is 1. The molecule has 6 nitrogen and oxygen atoms in total. The van der Waals surface area contributed by atoms with Crippen LogP contribution in [0.1, 0.15) is 21.7 Å². The largest absolute Gasteiger partial charge is 0.478 e. The molecule has 0 aliphatic heterocycles. The third-order valence-corrected chi connectivity index (χ3v) is 3.52. The van der Waals surface area contributed by atoms with E-state index in [1.807, 2.05) is 0 Å². The Bertz CT molecular complexity index is 995. The van der Waals surface area contributed by atoms with Crippen LogP contribution in [0.5, 0.6) is 0 Å². The van der Waals surface area contributed by atoms with Gasteiger partial charge < -0.3 is 10.1 Å². The monoisotopic (exact) mass is 327 g/mol. The quantitative estimate of drug-likeness (QED) is 0.771. The fraction of sp³-hybridized carbons (Fsp3) is 0. The first-order valence-corrected chi connectivity index (χ1v) is 6.97. The number of carboxylic acid groups (broad SMARTS) is 1. The summed E-state index contributed by atoms with van der Waals surface area (Å²) in [4.78, 5) is 33.7. The number of H-pyrrole nitrogens is 1. The van der Waals surface area contributed by atoms with Crippen molar-refractivity contribution in [2.24, 2.45) is 0 Å². The SMILES string of the molecule is O=C(O)c1ccc(/C=C/c2nc3cnccc3c(=O)[nH]2)c(Cl)c1. The summed E-state index contributed by atoms with van der Waals surface area (Å²) in [5, 5.41) is 9.66. The summed E-state index contributed by atoms with van der Waals surface area (Å²) in [5.41, 5.74) is 0.952. The minimum atomic E-state index is -1.05. The van der Waals surface area contributed by atoms with Gasteiger partial charge in [-0.05, 0) is 35.9 Å². The second-order valence-electron chi connectivity index (χ2n) is 4.72. The average Bonchev–Trinajstić information content (AvgIpc) is 2.53. The lowest BCUT2D eigenvalue weighted by Crippen LogP contribution is -2.09. The maximum Gasteiger partial charge on any atom is 0.335 e. The standard InChI is InChI=1S/C16H10ClN3O3/c17-12-7-10(16(22)23)2-1-9(12)3-4-14-19-13-8-18-6-5-11(13)15(21)20-14/h1-8H,(H,22,23)(H,19,20,21)/b4-3+. The molecule has 3 aromatic rings. The van der Waals surface area contributed by atoms with E-state index in [1.165, 1.54) is 24.5 Å². The highest BCUT2D eigenvalue weighted by atomic mass is 35.5. The van der Waals surface area contributed by atoms with Gasteiger partial charge >= 0.3 is 5.97 Å². The van der Waals surface area contributed by atoms with Gasteiger partial charge in [0, 0.05) is 11.2 Å². The van der Waals surface area contributed by atoms with E-state index in [9.17, 15) is 9.59 Å². The number of aromatic amines is 1. The first-order valence-electron chi connectivity index (χ1n) is 6.59. The summed E-state index contributed by atoms with van der Waals surface area (Å²) >= 11 is 6.05. The summed E-state index contributed by atoms with van der Waals surface area (Å²) in [6.07, 6.45) is 6.28. The van der Waals surface area contributed by atoms with Gasteiger partial charge in [0.2, 0.25) is 0 Å². The first kappa shape index (κ1) is 14.9. The molecule has 0 spiro atoms. The fourth-order valence-corrected chi connectivity index (χ4v) is 2.30. The van der Waals surface area contributed by atoms with Gasteiger partial charge in [-0.25, -0.2) is 9.78 Å². The number of hydrogen-bond acceptors (Lipinski definition) is 4. The molecule has 2 N–H and O–H groups in total. The van der Waals surface area contributed by atoms with Crippen LogP contribution in [0.2, 0.25) is 5.02 Å². The van der Waals surface area contributed by atoms with E-state index in [4.69, 9.17) is 16.7 Å². The molecule has 0 radical (unpaired) electrons. The molecular formula is C16H10ClN3O3. The molecule has 0 aliphatic carbocycles. The predicted molar refractivity (Wildman–Crippen MR) is 87.5 cm³/mol. The van der Waals surface area contributed by atoms with E-state index < -0.39 is 5.97 Å². The van der Waals surface area contributed by atoms with Crippen LogP contribution in [-0.2, 0) is 0 Å². The lowest BCUT2D eigenvalue weighted by molar-refractivity contribution is 0.0697. The van der Waals surface area contributed by atoms with Crippen LogP contribution >= 0.6 is 11.6 Å². The number of rotatable bonds is 3.